The molecule has 1 rings (SSSR count). The molecule has 1 fully saturated rings. The molecule has 236 valence electrons. The van der Waals surface area contributed by atoms with Crippen LogP contribution in [-0.2, 0) is 28.7 Å². The third-order valence-corrected chi connectivity index (χ3v) is 6.61. The zero-order valence-corrected chi connectivity index (χ0v) is 23.4. The lowest BCUT2D eigenvalue weighted by Crippen LogP contribution is -2.64. The predicted molar refractivity (Wildman–Crippen MR) is 144 cm³/mol. The molecule has 9 N–H and O–H groups in total. The highest BCUT2D eigenvalue weighted by Crippen LogP contribution is 2.20. The standard InChI is InChI=1S/C26H46N4O11/c31-16-17-24(38)25(39)23(26(40)41-17)30-19(33)12-10-8-6-4-2-1-3-5-7-9-11-18(32)27-13-20(34)28-14-21(35)29-15-22(36)37/h17,23-26,31,38-40H,1-16H2,(H,27,32)(H,28,34)(H,29,35)(H,30,33)(H,36,37)/t17-,23-,24-,25-,26?/m1/s1. The topological polar surface area (TPSA) is 244 Å². The average molecular weight is 591 g/mol. The molecule has 41 heavy (non-hydrogen) atoms. The molecule has 0 radical (unpaired) electrons. The van der Waals surface area contributed by atoms with Crippen molar-refractivity contribution in [3.05, 3.63) is 0 Å². The highest BCUT2D eigenvalue weighted by atomic mass is 16.6. The largest absolute Gasteiger partial charge is 0.480 e. The van der Waals surface area contributed by atoms with E-state index in [-0.39, 0.29) is 31.3 Å². The van der Waals surface area contributed by atoms with Crippen LogP contribution < -0.4 is 21.3 Å². The first-order valence-corrected chi connectivity index (χ1v) is 14.2. The van der Waals surface area contributed by atoms with Gasteiger partial charge in [-0.25, -0.2) is 0 Å². The molecule has 1 heterocycles. The van der Waals surface area contributed by atoms with E-state index in [0.717, 1.165) is 51.4 Å². The highest BCUT2D eigenvalue weighted by Gasteiger charge is 2.44. The summed E-state index contributed by atoms with van der Waals surface area (Å²) in [6, 6.07) is -1.17. The maximum Gasteiger partial charge on any atom is 0.322 e. The van der Waals surface area contributed by atoms with E-state index in [2.05, 4.69) is 21.3 Å². The first-order chi connectivity index (χ1) is 19.5. The first kappa shape index (κ1) is 36.2. The zero-order chi connectivity index (χ0) is 30.6. The van der Waals surface area contributed by atoms with Gasteiger partial charge in [0.25, 0.3) is 0 Å². The molecule has 15 heteroatoms. The van der Waals surface area contributed by atoms with Crippen LogP contribution in [0.15, 0.2) is 0 Å². The number of ether oxygens (including phenoxy) is 1. The minimum absolute atomic E-state index is 0.222. The molecule has 0 aromatic heterocycles. The third kappa shape index (κ3) is 16.2. The Morgan fingerprint density at radius 2 is 1.02 bits per heavy atom. The lowest BCUT2D eigenvalue weighted by molar-refractivity contribution is -0.253. The number of hydrogen-bond donors (Lipinski definition) is 9. The van der Waals surface area contributed by atoms with Crippen LogP contribution in [0.1, 0.15) is 77.0 Å². The molecule has 0 aliphatic carbocycles. The second kappa shape index (κ2) is 20.9. The number of carboxylic acid groups (broad SMARTS) is 1. The second-order valence-electron chi connectivity index (χ2n) is 10.1. The number of aliphatic carboxylic acids is 1. The molecule has 0 spiro atoms. The maximum atomic E-state index is 12.1. The Morgan fingerprint density at radius 3 is 1.51 bits per heavy atom. The lowest BCUT2D eigenvalue weighted by Gasteiger charge is -2.40. The smallest absolute Gasteiger partial charge is 0.322 e. The molecule has 1 aliphatic rings. The molecule has 0 aromatic carbocycles. The molecule has 15 nitrogen and oxygen atoms in total. The van der Waals surface area contributed by atoms with Crippen LogP contribution in [0.2, 0.25) is 0 Å². The van der Waals surface area contributed by atoms with Gasteiger partial charge in [-0.05, 0) is 12.8 Å². The highest BCUT2D eigenvalue weighted by molar-refractivity contribution is 5.89. The molecule has 0 saturated carbocycles. The summed E-state index contributed by atoms with van der Waals surface area (Å²) in [7, 11) is 0. The van der Waals surface area contributed by atoms with Gasteiger partial charge in [0, 0.05) is 12.8 Å². The van der Waals surface area contributed by atoms with Gasteiger partial charge in [-0.3, -0.25) is 24.0 Å². The number of carbonyl (C=O) groups excluding carboxylic acids is 4. The number of carboxylic acids is 1. The molecular formula is C26H46N4O11. The van der Waals surface area contributed by atoms with E-state index in [9.17, 15) is 39.3 Å². The van der Waals surface area contributed by atoms with Crippen LogP contribution in [0.4, 0.5) is 0 Å². The zero-order valence-electron chi connectivity index (χ0n) is 23.4. The van der Waals surface area contributed by atoms with Crippen molar-refractivity contribution in [1.82, 2.24) is 21.3 Å². The Kier molecular flexibility index (Phi) is 18.5. The Hall–Kier alpha value is -2.85. The van der Waals surface area contributed by atoms with Crippen molar-refractivity contribution in [3.63, 3.8) is 0 Å². The summed E-state index contributed by atoms with van der Waals surface area (Å²) < 4.78 is 5.02. The number of amides is 4. The number of nitrogens with one attached hydrogen (secondary N) is 4. The summed E-state index contributed by atoms with van der Waals surface area (Å²) in [6.07, 6.45) is 4.33. The molecule has 0 bridgehead atoms. The summed E-state index contributed by atoms with van der Waals surface area (Å²) in [5, 5.41) is 56.8. The fourth-order valence-corrected chi connectivity index (χ4v) is 4.24. The van der Waals surface area contributed by atoms with Crippen LogP contribution in [0.25, 0.3) is 0 Å². The van der Waals surface area contributed by atoms with Gasteiger partial charge in [0.1, 0.15) is 30.9 Å². The Balaban J connectivity index is 1.94. The van der Waals surface area contributed by atoms with E-state index in [4.69, 9.17) is 14.9 Å². The number of carbonyl (C=O) groups is 5. The van der Waals surface area contributed by atoms with E-state index in [1.807, 2.05) is 0 Å². The molecule has 1 aliphatic heterocycles. The van der Waals surface area contributed by atoms with E-state index in [0.29, 0.717) is 19.3 Å². The van der Waals surface area contributed by atoms with E-state index in [1.165, 1.54) is 0 Å². The molecule has 4 amide bonds. The van der Waals surface area contributed by atoms with E-state index >= 15 is 0 Å². The monoisotopic (exact) mass is 590 g/mol. The van der Waals surface area contributed by atoms with Crippen molar-refractivity contribution in [2.24, 2.45) is 0 Å². The minimum Gasteiger partial charge on any atom is -0.480 e. The van der Waals surface area contributed by atoms with Crippen molar-refractivity contribution in [2.45, 2.75) is 108 Å². The molecule has 1 unspecified atom stereocenters. The van der Waals surface area contributed by atoms with Crippen molar-refractivity contribution in [2.75, 3.05) is 26.2 Å². The Labute approximate surface area is 239 Å². The summed E-state index contributed by atoms with van der Waals surface area (Å²) in [5.41, 5.74) is 0. The normalized spacial score (nSPS) is 22.0. The number of unbranched alkanes of at least 4 members (excludes halogenated alkanes) is 9. The minimum atomic E-state index is -1.52. The van der Waals surface area contributed by atoms with Crippen LogP contribution in [-0.4, -0.2) is 112 Å². The van der Waals surface area contributed by atoms with Crippen molar-refractivity contribution < 1.29 is 54.2 Å². The third-order valence-electron chi connectivity index (χ3n) is 6.61. The summed E-state index contributed by atoms with van der Waals surface area (Å²) >= 11 is 0. The van der Waals surface area contributed by atoms with E-state index in [1.54, 1.807) is 0 Å². The Bertz CT molecular complexity index is 829. The van der Waals surface area contributed by atoms with Crippen molar-refractivity contribution in [3.8, 4) is 0 Å². The van der Waals surface area contributed by atoms with Gasteiger partial charge in [-0.1, -0.05) is 51.4 Å². The van der Waals surface area contributed by atoms with Crippen LogP contribution in [0.3, 0.4) is 0 Å². The molecular weight excluding hydrogens is 544 g/mol. The number of aliphatic hydroxyl groups is 4. The van der Waals surface area contributed by atoms with Crippen molar-refractivity contribution in [1.29, 1.82) is 0 Å². The van der Waals surface area contributed by atoms with Gasteiger partial charge < -0.3 is 51.5 Å². The van der Waals surface area contributed by atoms with Gasteiger partial charge in [0.15, 0.2) is 6.29 Å². The van der Waals surface area contributed by atoms with Gasteiger partial charge in [-0.15, -0.1) is 0 Å². The van der Waals surface area contributed by atoms with Gasteiger partial charge in [0.2, 0.25) is 23.6 Å². The molecule has 5 atom stereocenters. The summed E-state index contributed by atoms with van der Waals surface area (Å²) in [4.78, 5) is 57.2. The van der Waals surface area contributed by atoms with Gasteiger partial charge >= 0.3 is 5.97 Å². The summed E-state index contributed by atoms with van der Waals surface area (Å²) in [6.45, 7) is -1.72. The van der Waals surface area contributed by atoms with Gasteiger partial charge in [-0.2, -0.15) is 0 Å². The average Bonchev–Trinajstić information content (AvgIpc) is 2.94. The number of rotatable bonds is 21. The van der Waals surface area contributed by atoms with Crippen molar-refractivity contribution >= 4 is 29.6 Å². The predicted octanol–water partition coefficient (Wildman–Crippen LogP) is -1.98. The number of aliphatic hydroxyl groups excluding tert-OH is 4. The maximum absolute atomic E-state index is 12.1. The lowest BCUT2D eigenvalue weighted by atomic mass is 9.97. The van der Waals surface area contributed by atoms with Crippen LogP contribution >= 0.6 is 0 Å². The molecule has 0 aromatic rings. The van der Waals surface area contributed by atoms with Gasteiger partial charge in [0.05, 0.1) is 19.7 Å². The summed E-state index contributed by atoms with van der Waals surface area (Å²) in [5.74, 6) is -2.98. The van der Waals surface area contributed by atoms with E-state index < -0.39 is 61.6 Å². The second-order valence-corrected chi connectivity index (χ2v) is 10.1. The van der Waals surface area contributed by atoms with Crippen LogP contribution in [0, 0.1) is 0 Å². The van der Waals surface area contributed by atoms with Crippen LogP contribution in [0.5, 0.6) is 0 Å². The first-order valence-electron chi connectivity index (χ1n) is 14.2. The fourth-order valence-electron chi connectivity index (χ4n) is 4.24. The number of hydrogen-bond acceptors (Lipinski definition) is 10. The Morgan fingerprint density at radius 1 is 0.585 bits per heavy atom. The molecule has 1 saturated heterocycles. The quantitative estimate of drug-likeness (QED) is 0.0663. The fraction of sp³-hybridized carbons (Fsp3) is 0.808. The SMILES string of the molecule is O=C(O)CNC(=O)CNC(=O)CNC(=O)CCCCCCCCCCCCC(=O)N[C@H]1C(O)O[C@H](CO)[C@@H](O)[C@@H]1O.